The topological polar surface area (TPSA) is 76.4 Å². The summed E-state index contributed by atoms with van der Waals surface area (Å²) < 4.78 is 32.8. The second kappa shape index (κ2) is 8.12. The fourth-order valence-corrected chi connectivity index (χ4v) is 3.01. The zero-order valence-corrected chi connectivity index (χ0v) is 16.5. The number of esters is 1. The molecule has 0 N–H and O–H groups in total. The van der Waals surface area contributed by atoms with E-state index < -0.39 is 5.97 Å². The number of rotatable bonds is 7. The van der Waals surface area contributed by atoms with E-state index >= 15 is 0 Å². The van der Waals surface area contributed by atoms with Gasteiger partial charge in [-0.05, 0) is 25.1 Å². The van der Waals surface area contributed by atoms with E-state index in [1.54, 1.807) is 44.4 Å². The second-order valence-corrected chi connectivity index (χ2v) is 5.80. The Labute approximate surface area is 162 Å². The van der Waals surface area contributed by atoms with Crippen LogP contribution in [0, 0.1) is 0 Å². The van der Waals surface area contributed by atoms with Crippen molar-refractivity contribution in [1.29, 1.82) is 0 Å². The van der Waals surface area contributed by atoms with Gasteiger partial charge in [0.15, 0.2) is 17.3 Å². The summed E-state index contributed by atoms with van der Waals surface area (Å²) in [6.07, 6.45) is 0. The van der Waals surface area contributed by atoms with E-state index in [-0.39, 0.29) is 6.61 Å². The summed E-state index contributed by atoms with van der Waals surface area (Å²) in [5.41, 5.74) is 1.36. The van der Waals surface area contributed by atoms with Gasteiger partial charge in [-0.1, -0.05) is 0 Å². The fraction of sp³-hybridized carbons (Fsp3) is 0.286. The smallest absolute Gasteiger partial charge is 0.342 e. The molecule has 1 aromatic heterocycles. The summed E-state index contributed by atoms with van der Waals surface area (Å²) >= 11 is 0. The third kappa shape index (κ3) is 3.31. The second-order valence-electron chi connectivity index (χ2n) is 5.80. The molecule has 3 aromatic rings. The van der Waals surface area contributed by atoms with Crippen LogP contribution in [0.4, 0.5) is 0 Å². The van der Waals surface area contributed by atoms with Gasteiger partial charge in [0.05, 0.1) is 40.6 Å². The van der Waals surface area contributed by atoms with Crippen LogP contribution in [-0.4, -0.2) is 41.0 Å². The molecule has 0 saturated heterocycles. The number of hydrogen-bond acceptors (Lipinski definition) is 7. The van der Waals surface area contributed by atoms with Crippen molar-refractivity contribution in [3.8, 4) is 34.3 Å². The predicted molar refractivity (Wildman–Crippen MR) is 104 cm³/mol. The molecule has 3 rings (SSSR count). The van der Waals surface area contributed by atoms with Crippen molar-refractivity contribution in [2.24, 2.45) is 0 Å². The lowest BCUT2D eigenvalue weighted by Gasteiger charge is -2.10. The first-order valence-corrected chi connectivity index (χ1v) is 8.65. The van der Waals surface area contributed by atoms with Gasteiger partial charge in [-0.3, -0.25) is 0 Å². The van der Waals surface area contributed by atoms with Crippen LogP contribution in [0.1, 0.15) is 17.3 Å². The van der Waals surface area contributed by atoms with Crippen LogP contribution in [0.25, 0.3) is 22.3 Å². The standard InChI is InChI=1S/C21H22O7/c1-6-27-21(22)19-14-10-17(25-4)18(26-5)11-16(14)28-20(19)13-8-7-12(23-2)9-15(13)24-3/h7-11H,6H2,1-5H3. The minimum atomic E-state index is -0.499. The van der Waals surface area contributed by atoms with Gasteiger partial charge >= 0.3 is 5.97 Å². The lowest BCUT2D eigenvalue weighted by atomic mass is 10.0. The maximum absolute atomic E-state index is 12.8. The third-order valence-electron chi connectivity index (χ3n) is 4.33. The summed E-state index contributed by atoms with van der Waals surface area (Å²) in [4.78, 5) is 12.8. The van der Waals surface area contributed by atoms with Crippen LogP contribution < -0.4 is 18.9 Å². The van der Waals surface area contributed by atoms with Gasteiger partial charge in [-0.25, -0.2) is 4.79 Å². The Bertz CT molecular complexity index is 1000. The molecule has 0 bridgehead atoms. The number of methoxy groups -OCH3 is 4. The zero-order chi connectivity index (χ0) is 20.3. The van der Waals surface area contributed by atoms with Crippen LogP contribution in [0.2, 0.25) is 0 Å². The van der Waals surface area contributed by atoms with Crippen molar-refractivity contribution in [1.82, 2.24) is 0 Å². The molecule has 0 atom stereocenters. The van der Waals surface area contributed by atoms with Gasteiger partial charge in [0.25, 0.3) is 0 Å². The molecule has 0 aliphatic carbocycles. The van der Waals surface area contributed by atoms with Crippen LogP contribution in [0.15, 0.2) is 34.7 Å². The molecule has 0 saturated carbocycles. The number of furan rings is 1. The highest BCUT2D eigenvalue weighted by atomic mass is 16.5. The fourth-order valence-electron chi connectivity index (χ4n) is 3.01. The van der Waals surface area contributed by atoms with Crippen molar-refractivity contribution in [2.45, 2.75) is 6.92 Å². The average Bonchev–Trinajstić information content (AvgIpc) is 3.10. The van der Waals surface area contributed by atoms with Gasteiger partial charge in [0, 0.05) is 17.5 Å². The highest BCUT2D eigenvalue weighted by molar-refractivity contribution is 6.10. The van der Waals surface area contributed by atoms with Crippen LogP contribution in [-0.2, 0) is 4.74 Å². The number of carbonyl (C=O) groups excluding carboxylic acids is 1. The Morgan fingerprint density at radius 2 is 1.57 bits per heavy atom. The number of carbonyl (C=O) groups is 1. The minimum Gasteiger partial charge on any atom is -0.497 e. The van der Waals surface area contributed by atoms with Crippen molar-refractivity contribution in [3.63, 3.8) is 0 Å². The van der Waals surface area contributed by atoms with Crippen molar-refractivity contribution >= 4 is 16.9 Å². The maximum atomic E-state index is 12.8. The van der Waals surface area contributed by atoms with Crippen molar-refractivity contribution in [2.75, 3.05) is 35.0 Å². The lowest BCUT2D eigenvalue weighted by molar-refractivity contribution is 0.0528. The molecule has 0 aliphatic rings. The summed E-state index contributed by atoms with van der Waals surface area (Å²) in [5, 5.41) is 0.559. The highest BCUT2D eigenvalue weighted by Crippen LogP contribution is 2.43. The molecule has 1 heterocycles. The van der Waals surface area contributed by atoms with E-state index in [4.69, 9.17) is 28.1 Å². The van der Waals surface area contributed by atoms with Crippen molar-refractivity contribution in [3.05, 3.63) is 35.9 Å². The van der Waals surface area contributed by atoms with E-state index in [1.165, 1.54) is 21.3 Å². The first-order chi connectivity index (χ1) is 13.6. The summed E-state index contributed by atoms with van der Waals surface area (Å²) in [6.45, 7) is 1.98. The van der Waals surface area contributed by atoms with E-state index in [0.29, 0.717) is 50.9 Å². The molecule has 0 spiro atoms. The van der Waals surface area contributed by atoms with E-state index in [1.807, 2.05) is 0 Å². The van der Waals surface area contributed by atoms with Crippen molar-refractivity contribution < 1.29 is 32.9 Å². The molecule has 0 unspecified atom stereocenters. The molecule has 7 heteroatoms. The molecule has 0 fully saturated rings. The summed E-state index contributed by atoms with van der Waals surface area (Å²) in [6, 6.07) is 8.63. The number of ether oxygens (including phenoxy) is 5. The molecule has 0 aliphatic heterocycles. The minimum absolute atomic E-state index is 0.234. The quantitative estimate of drug-likeness (QED) is 0.560. The SMILES string of the molecule is CCOC(=O)c1c(-c2ccc(OC)cc2OC)oc2cc(OC)c(OC)cc12. The van der Waals surface area contributed by atoms with Gasteiger partial charge in [-0.15, -0.1) is 0 Å². The molecular weight excluding hydrogens is 364 g/mol. The van der Waals surface area contributed by atoms with E-state index in [2.05, 4.69) is 0 Å². The molecular formula is C21H22O7. The summed E-state index contributed by atoms with van der Waals surface area (Å²) in [5.74, 6) is 1.94. The number of hydrogen-bond donors (Lipinski definition) is 0. The maximum Gasteiger partial charge on any atom is 0.342 e. The zero-order valence-electron chi connectivity index (χ0n) is 16.5. The molecule has 7 nitrogen and oxygen atoms in total. The monoisotopic (exact) mass is 386 g/mol. The van der Waals surface area contributed by atoms with Gasteiger partial charge in [0.1, 0.15) is 22.6 Å². The van der Waals surface area contributed by atoms with Gasteiger partial charge in [0.2, 0.25) is 0 Å². The molecule has 0 amide bonds. The molecule has 148 valence electrons. The normalized spacial score (nSPS) is 10.6. The van der Waals surface area contributed by atoms with Crippen LogP contribution in [0.3, 0.4) is 0 Å². The predicted octanol–water partition coefficient (Wildman–Crippen LogP) is 4.31. The van der Waals surface area contributed by atoms with Gasteiger partial charge < -0.3 is 28.1 Å². The highest BCUT2D eigenvalue weighted by Gasteiger charge is 2.27. The Balaban J connectivity index is 2.32. The third-order valence-corrected chi connectivity index (χ3v) is 4.33. The molecule has 0 radical (unpaired) electrons. The number of benzene rings is 2. The Kier molecular flexibility index (Phi) is 5.63. The first-order valence-electron chi connectivity index (χ1n) is 8.65. The Morgan fingerprint density at radius 3 is 2.18 bits per heavy atom. The average molecular weight is 386 g/mol. The Hall–Kier alpha value is -3.35. The Morgan fingerprint density at radius 1 is 0.893 bits per heavy atom. The molecule has 2 aromatic carbocycles. The largest absolute Gasteiger partial charge is 0.497 e. The van der Waals surface area contributed by atoms with Crippen LogP contribution >= 0.6 is 0 Å². The van der Waals surface area contributed by atoms with E-state index in [0.717, 1.165) is 0 Å². The van der Waals surface area contributed by atoms with Gasteiger partial charge in [-0.2, -0.15) is 0 Å². The number of fused-ring (bicyclic) bond motifs is 1. The lowest BCUT2D eigenvalue weighted by Crippen LogP contribution is -2.05. The molecule has 28 heavy (non-hydrogen) atoms. The van der Waals surface area contributed by atoms with Crippen LogP contribution in [0.5, 0.6) is 23.0 Å². The summed E-state index contributed by atoms with van der Waals surface area (Å²) in [7, 11) is 6.17. The van der Waals surface area contributed by atoms with E-state index in [9.17, 15) is 4.79 Å². The first kappa shape index (κ1) is 19.4.